The largest absolute Gasteiger partial charge is 0.497 e. The summed E-state index contributed by atoms with van der Waals surface area (Å²) < 4.78 is 11.8. The predicted molar refractivity (Wildman–Crippen MR) is 101 cm³/mol. The van der Waals surface area contributed by atoms with E-state index in [9.17, 15) is 4.79 Å². The standard InChI is InChI=1S/C19H20N2O3S/c1-3-24-16-7-5-4-6-13(16)8-11-18(22)21-19-20-15-10-9-14(23-2)12-17(15)25-19/h4-7,9-10,12H,3,8,11H2,1-2H3,(H,20,21,22). The molecule has 25 heavy (non-hydrogen) atoms. The van der Waals surface area contributed by atoms with Gasteiger partial charge in [-0.05, 0) is 43.2 Å². The van der Waals surface area contributed by atoms with Gasteiger partial charge in [-0.2, -0.15) is 0 Å². The molecule has 0 bridgehead atoms. The maximum absolute atomic E-state index is 12.2. The minimum absolute atomic E-state index is 0.0580. The summed E-state index contributed by atoms with van der Waals surface area (Å²) >= 11 is 1.44. The highest BCUT2D eigenvalue weighted by Crippen LogP contribution is 2.29. The number of nitrogens with one attached hydrogen (secondary N) is 1. The molecule has 130 valence electrons. The molecule has 0 unspecified atom stereocenters. The molecule has 0 spiro atoms. The topological polar surface area (TPSA) is 60.5 Å². The lowest BCUT2D eigenvalue weighted by Crippen LogP contribution is -2.12. The molecule has 5 nitrogen and oxygen atoms in total. The van der Waals surface area contributed by atoms with Gasteiger partial charge in [0.05, 0.1) is 23.9 Å². The van der Waals surface area contributed by atoms with Crippen LogP contribution in [0.25, 0.3) is 10.2 Å². The molecule has 2 aromatic carbocycles. The Labute approximate surface area is 150 Å². The van der Waals surface area contributed by atoms with E-state index in [-0.39, 0.29) is 5.91 Å². The Morgan fingerprint density at radius 2 is 2.08 bits per heavy atom. The number of carbonyl (C=O) groups excluding carboxylic acids is 1. The fourth-order valence-corrected chi connectivity index (χ4v) is 3.43. The van der Waals surface area contributed by atoms with Gasteiger partial charge >= 0.3 is 0 Å². The van der Waals surface area contributed by atoms with Crippen LogP contribution in [0.3, 0.4) is 0 Å². The molecular formula is C19H20N2O3S. The molecule has 0 fully saturated rings. The van der Waals surface area contributed by atoms with Crippen molar-refractivity contribution in [3.05, 3.63) is 48.0 Å². The second-order valence-electron chi connectivity index (χ2n) is 5.44. The highest BCUT2D eigenvalue weighted by molar-refractivity contribution is 7.22. The Hall–Kier alpha value is -2.60. The number of para-hydroxylation sites is 1. The number of rotatable bonds is 7. The van der Waals surface area contributed by atoms with E-state index < -0.39 is 0 Å². The van der Waals surface area contributed by atoms with Crippen LogP contribution in [0.2, 0.25) is 0 Å². The van der Waals surface area contributed by atoms with Crippen LogP contribution in [0.5, 0.6) is 11.5 Å². The van der Waals surface area contributed by atoms with Crippen LogP contribution in [-0.4, -0.2) is 24.6 Å². The molecule has 1 N–H and O–H groups in total. The summed E-state index contributed by atoms with van der Waals surface area (Å²) in [5, 5.41) is 3.48. The first kappa shape index (κ1) is 17.2. The highest BCUT2D eigenvalue weighted by atomic mass is 32.1. The minimum atomic E-state index is -0.0580. The monoisotopic (exact) mass is 356 g/mol. The number of thiazole rings is 1. The molecule has 0 aliphatic rings. The molecule has 0 saturated heterocycles. The lowest BCUT2D eigenvalue weighted by Gasteiger charge is -2.09. The number of hydrogen-bond donors (Lipinski definition) is 1. The molecule has 3 aromatic rings. The lowest BCUT2D eigenvalue weighted by atomic mass is 10.1. The van der Waals surface area contributed by atoms with Gasteiger partial charge in [-0.15, -0.1) is 0 Å². The van der Waals surface area contributed by atoms with E-state index in [1.807, 2.05) is 49.4 Å². The molecule has 0 aliphatic carbocycles. The third-order valence-electron chi connectivity index (χ3n) is 3.74. The van der Waals surface area contributed by atoms with Crippen molar-refractivity contribution in [3.63, 3.8) is 0 Å². The first-order valence-electron chi connectivity index (χ1n) is 8.14. The zero-order valence-electron chi connectivity index (χ0n) is 14.2. The Morgan fingerprint density at radius 3 is 2.88 bits per heavy atom. The van der Waals surface area contributed by atoms with Gasteiger partial charge in [0.15, 0.2) is 5.13 Å². The SMILES string of the molecule is CCOc1ccccc1CCC(=O)Nc1nc2ccc(OC)cc2s1. The maximum atomic E-state index is 12.2. The fraction of sp³-hybridized carbons (Fsp3) is 0.263. The van der Waals surface area contributed by atoms with Crippen LogP contribution < -0.4 is 14.8 Å². The van der Waals surface area contributed by atoms with Gasteiger partial charge in [-0.25, -0.2) is 4.98 Å². The van der Waals surface area contributed by atoms with Gasteiger partial charge < -0.3 is 14.8 Å². The zero-order valence-corrected chi connectivity index (χ0v) is 15.1. The van der Waals surface area contributed by atoms with E-state index in [4.69, 9.17) is 9.47 Å². The lowest BCUT2D eigenvalue weighted by molar-refractivity contribution is -0.116. The number of aryl methyl sites for hydroxylation is 1. The number of aromatic nitrogens is 1. The van der Waals surface area contributed by atoms with Gasteiger partial charge in [-0.3, -0.25) is 4.79 Å². The van der Waals surface area contributed by atoms with Gasteiger partial charge in [-0.1, -0.05) is 29.5 Å². The Morgan fingerprint density at radius 1 is 1.24 bits per heavy atom. The highest BCUT2D eigenvalue weighted by Gasteiger charge is 2.10. The van der Waals surface area contributed by atoms with Crippen LogP contribution in [0.15, 0.2) is 42.5 Å². The molecular weight excluding hydrogens is 336 g/mol. The molecule has 1 amide bonds. The zero-order chi connectivity index (χ0) is 17.6. The fourth-order valence-electron chi connectivity index (χ4n) is 2.52. The van der Waals surface area contributed by atoms with E-state index in [1.54, 1.807) is 7.11 Å². The van der Waals surface area contributed by atoms with E-state index in [0.29, 0.717) is 24.6 Å². The molecule has 0 radical (unpaired) electrons. The van der Waals surface area contributed by atoms with Gasteiger partial charge in [0.1, 0.15) is 11.5 Å². The number of benzene rings is 2. The van der Waals surface area contributed by atoms with Gasteiger partial charge in [0.25, 0.3) is 0 Å². The summed E-state index contributed by atoms with van der Waals surface area (Å²) in [6, 6.07) is 13.5. The summed E-state index contributed by atoms with van der Waals surface area (Å²) in [5.74, 6) is 1.56. The molecule has 1 aromatic heterocycles. The van der Waals surface area contributed by atoms with Crippen molar-refractivity contribution < 1.29 is 14.3 Å². The number of hydrogen-bond acceptors (Lipinski definition) is 5. The molecule has 3 rings (SSSR count). The van der Waals surface area contributed by atoms with Gasteiger partial charge in [0, 0.05) is 6.42 Å². The Balaban J connectivity index is 1.63. The third kappa shape index (κ3) is 4.28. The van der Waals surface area contributed by atoms with Crippen molar-refractivity contribution in [1.82, 2.24) is 4.98 Å². The number of anilines is 1. The molecule has 0 saturated carbocycles. The second-order valence-corrected chi connectivity index (χ2v) is 6.47. The minimum Gasteiger partial charge on any atom is -0.497 e. The first-order valence-corrected chi connectivity index (χ1v) is 8.96. The van der Waals surface area contributed by atoms with Crippen LogP contribution >= 0.6 is 11.3 Å². The second kappa shape index (κ2) is 7.98. The van der Waals surface area contributed by atoms with Crippen LogP contribution in [-0.2, 0) is 11.2 Å². The maximum Gasteiger partial charge on any atom is 0.226 e. The molecule has 0 atom stereocenters. The Bertz CT molecular complexity index is 876. The van der Waals surface area contributed by atoms with Crippen molar-refractivity contribution in [3.8, 4) is 11.5 Å². The summed E-state index contributed by atoms with van der Waals surface area (Å²) in [7, 11) is 1.63. The molecule has 6 heteroatoms. The van der Waals surface area contributed by atoms with Crippen LogP contribution in [0.4, 0.5) is 5.13 Å². The molecule has 0 aliphatic heterocycles. The summed E-state index contributed by atoms with van der Waals surface area (Å²) in [6.45, 7) is 2.56. The van der Waals surface area contributed by atoms with E-state index in [0.717, 1.165) is 27.3 Å². The number of methoxy groups -OCH3 is 1. The Kier molecular flexibility index (Phi) is 5.50. The normalized spacial score (nSPS) is 10.6. The number of nitrogens with zero attached hydrogens (tertiary/aromatic N) is 1. The van der Waals surface area contributed by atoms with Crippen molar-refractivity contribution in [2.45, 2.75) is 19.8 Å². The summed E-state index contributed by atoms with van der Waals surface area (Å²) in [5.41, 5.74) is 1.89. The van der Waals surface area contributed by atoms with Crippen molar-refractivity contribution in [1.29, 1.82) is 0 Å². The smallest absolute Gasteiger partial charge is 0.226 e. The average molecular weight is 356 g/mol. The predicted octanol–water partition coefficient (Wildman–Crippen LogP) is 4.27. The van der Waals surface area contributed by atoms with Gasteiger partial charge in [0.2, 0.25) is 5.91 Å². The van der Waals surface area contributed by atoms with Crippen molar-refractivity contribution in [2.24, 2.45) is 0 Å². The third-order valence-corrected chi connectivity index (χ3v) is 4.67. The van der Waals surface area contributed by atoms with Crippen LogP contribution in [0, 0.1) is 0 Å². The molecule has 1 heterocycles. The number of ether oxygens (including phenoxy) is 2. The average Bonchev–Trinajstić information content (AvgIpc) is 3.02. The number of carbonyl (C=O) groups is 1. The van der Waals surface area contributed by atoms with E-state index in [1.165, 1.54) is 11.3 Å². The van der Waals surface area contributed by atoms with E-state index >= 15 is 0 Å². The van der Waals surface area contributed by atoms with Crippen molar-refractivity contribution in [2.75, 3.05) is 19.0 Å². The summed E-state index contributed by atoms with van der Waals surface area (Å²) in [6.07, 6.45) is 1.00. The van der Waals surface area contributed by atoms with Crippen molar-refractivity contribution >= 4 is 32.6 Å². The summed E-state index contributed by atoms with van der Waals surface area (Å²) in [4.78, 5) is 16.7. The van der Waals surface area contributed by atoms with Crippen LogP contribution in [0.1, 0.15) is 18.9 Å². The first-order chi connectivity index (χ1) is 12.2. The van der Waals surface area contributed by atoms with E-state index in [2.05, 4.69) is 10.3 Å². The number of fused-ring (bicyclic) bond motifs is 1. The quantitative estimate of drug-likeness (QED) is 0.686. The number of amides is 1.